The highest BCUT2D eigenvalue weighted by Gasteiger charge is 2.47. The van der Waals surface area contributed by atoms with Crippen molar-refractivity contribution in [1.29, 1.82) is 0 Å². The third-order valence-corrected chi connectivity index (χ3v) is 10.1. The number of methoxy groups -OCH3 is 1. The van der Waals surface area contributed by atoms with Crippen LogP contribution in [0.5, 0.6) is 11.5 Å². The van der Waals surface area contributed by atoms with Crippen LogP contribution < -0.4 is 14.4 Å². The Morgan fingerprint density at radius 2 is 1.91 bits per heavy atom. The second kappa shape index (κ2) is 13.0. The molecule has 0 spiro atoms. The molecule has 5 rings (SSSR count). The summed E-state index contributed by atoms with van der Waals surface area (Å²) < 4.78 is 12.2. The number of aliphatic hydroxyl groups is 1. The average Bonchev–Trinajstić information content (AvgIpc) is 3.66. The Kier molecular flexibility index (Phi) is 9.40. The van der Waals surface area contributed by atoms with Gasteiger partial charge in [0.25, 0.3) is 5.91 Å². The predicted octanol–water partition coefficient (Wildman–Crippen LogP) is 7.38. The largest absolute Gasteiger partial charge is 0.503 e. The van der Waals surface area contributed by atoms with E-state index >= 15 is 0 Å². The smallest absolute Gasteiger partial charge is 0.296 e. The number of hydrogen-bond acceptors (Lipinski definition) is 11. The number of aliphatic hydroxyl groups excluding tert-OH is 1. The van der Waals surface area contributed by atoms with Crippen molar-refractivity contribution in [2.24, 2.45) is 5.92 Å². The molecule has 224 valence electrons. The molecule has 2 aromatic heterocycles. The lowest BCUT2D eigenvalue weighted by atomic mass is 9.95. The fourth-order valence-corrected chi connectivity index (χ4v) is 7.58. The summed E-state index contributed by atoms with van der Waals surface area (Å²) in [6, 6.07) is 11.7. The van der Waals surface area contributed by atoms with E-state index in [1.165, 1.54) is 46.4 Å². The van der Waals surface area contributed by atoms with Crippen molar-refractivity contribution in [1.82, 2.24) is 15.2 Å². The number of anilines is 1. The van der Waals surface area contributed by atoms with Crippen LogP contribution in [-0.2, 0) is 10.5 Å². The summed E-state index contributed by atoms with van der Waals surface area (Å²) in [6.07, 6.45) is 0. The second-order valence-electron chi connectivity index (χ2n) is 10.2. The molecule has 2 aromatic carbocycles. The zero-order valence-electron chi connectivity index (χ0n) is 24.1. The number of thioether (sulfide) groups is 1. The highest BCUT2D eigenvalue weighted by atomic mass is 35.5. The van der Waals surface area contributed by atoms with E-state index < -0.39 is 23.5 Å². The molecule has 1 unspecified atom stereocenters. The lowest BCUT2D eigenvalue weighted by Crippen LogP contribution is -2.31. The monoisotopic (exact) mass is 656 g/mol. The van der Waals surface area contributed by atoms with Crippen LogP contribution in [-0.4, -0.2) is 45.7 Å². The molecular formula is C30H29ClN4O5S3. The maximum absolute atomic E-state index is 14.0. The van der Waals surface area contributed by atoms with Crippen LogP contribution in [0.4, 0.5) is 5.13 Å². The van der Waals surface area contributed by atoms with Gasteiger partial charge in [-0.1, -0.05) is 72.8 Å². The molecule has 0 saturated heterocycles. The van der Waals surface area contributed by atoms with Gasteiger partial charge in [0.1, 0.15) is 0 Å². The molecule has 9 nitrogen and oxygen atoms in total. The summed E-state index contributed by atoms with van der Waals surface area (Å²) in [7, 11) is 1.52. The van der Waals surface area contributed by atoms with Gasteiger partial charge >= 0.3 is 0 Å². The summed E-state index contributed by atoms with van der Waals surface area (Å²) in [5.41, 5.74) is 1.95. The SMILES string of the molecule is COc1cc(C2C(C(=O)c3sc(C)nc3C)=C(O)C(=O)N2c2nnc(SCc3ccccc3Cl)s2)ccc1OCC(C)C. The number of carbonyl (C=O) groups excluding carboxylic acids is 2. The standard InChI is InChI=1S/C30H29ClN4O5S3/c1-15(2)13-40-21-11-10-18(12-22(21)39-5)24-23(25(36)27-16(3)32-17(4)42-27)26(37)28(38)35(24)29-33-34-30(43-29)41-14-19-8-6-7-9-20(19)31/h6-12,15,24,37H,13-14H2,1-5H3. The molecule has 1 atom stereocenters. The van der Waals surface area contributed by atoms with E-state index in [4.69, 9.17) is 21.1 Å². The number of amides is 1. The fraction of sp³-hybridized carbons (Fsp3) is 0.300. The Balaban J connectivity index is 1.54. The Hall–Kier alpha value is -3.45. The number of rotatable bonds is 11. The van der Waals surface area contributed by atoms with Crippen molar-refractivity contribution in [3.63, 3.8) is 0 Å². The number of aromatic nitrogens is 3. The van der Waals surface area contributed by atoms with Crippen LogP contribution in [0.2, 0.25) is 5.02 Å². The van der Waals surface area contributed by atoms with E-state index in [2.05, 4.69) is 15.2 Å². The van der Waals surface area contributed by atoms with Crippen LogP contribution in [0, 0.1) is 19.8 Å². The summed E-state index contributed by atoms with van der Waals surface area (Å²) in [5, 5.41) is 21.4. The number of Topliss-reactive ketones (excluding diaryl/α,β-unsaturated/α-hetero) is 1. The van der Waals surface area contributed by atoms with Crippen molar-refractivity contribution in [3.8, 4) is 11.5 Å². The van der Waals surface area contributed by atoms with E-state index in [0.717, 1.165) is 5.56 Å². The predicted molar refractivity (Wildman–Crippen MR) is 170 cm³/mol. The number of ketones is 1. The highest BCUT2D eigenvalue weighted by Crippen LogP contribution is 2.46. The van der Waals surface area contributed by atoms with E-state index in [-0.39, 0.29) is 10.7 Å². The van der Waals surface area contributed by atoms with Crippen molar-refractivity contribution in [2.45, 2.75) is 43.8 Å². The second-order valence-corrected chi connectivity index (χ2v) is 14.0. The van der Waals surface area contributed by atoms with Crippen LogP contribution in [0.1, 0.15) is 51.4 Å². The maximum atomic E-state index is 14.0. The highest BCUT2D eigenvalue weighted by molar-refractivity contribution is 8.00. The number of nitrogens with zero attached hydrogens (tertiary/aromatic N) is 4. The van der Waals surface area contributed by atoms with Crippen molar-refractivity contribution in [2.75, 3.05) is 18.6 Å². The number of thiazole rings is 1. The molecule has 4 aromatic rings. The fourth-order valence-electron chi connectivity index (χ4n) is 4.56. The Labute approximate surface area is 266 Å². The molecule has 0 aliphatic carbocycles. The molecule has 1 N–H and O–H groups in total. The molecule has 0 bridgehead atoms. The van der Waals surface area contributed by atoms with Gasteiger partial charge in [-0.2, -0.15) is 0 Å². The number of carbonyl (C=O) groups is 2. The summed E-state index contributed by atoms with van der Waals surface area (Å²) in [5.74, 6) is -0.0481. The first kappa shape index (κ1) is 31.0. The zero-order valence-corrected chi connectivity index (χ0v) is 27.3. The molecule has 0 saturated carbocycles. The first-order chi connectivity index (χ1) is 20.6. The number of ether oxygens (including phenoxy) is 2. The normalized spacial score (nSPS) is 15.1. The van der Waals surface area contributed by atoms with Crippen molar-refractivity contribution >= 4 is 62.9 Å². The molecule has 1 aliphatic rings. The Bertz CT molecular complexity index is 1720. The maximum Gasteiger partial charge on any atom is 0.296 e. The number of benzene rings is 2. The summed E-state index contributed by atoms with van der Waals surface area (Å²) in [6.45, 7) is 8.10. The average molecular weight is 657 g/mol. The number of hydrogen-bond donors (Lipinski definition) is 1. The zero-order chi connectivity index (χ0) is 30.8. The van der Waals surface area contributed by atoms with Crippen LogP contribution in [0.3, 0.4) is 0 Å². The van der Waals surface area contributed by atoms with Crippen LogP contribution in [0.15, 0.2) is 58.1 Å². The number of halogens is 1. The minimum atomic E-state index is -0.996. The van der Waals surface area contributed by atoms with Gasteiger partial charge < -0.3 is 14.6 Å². The quantitative estimate of drug-likeness (QED) is 0.100. The van der Waals surface area contributed by atoms with E-state index in [0.29, 0.717) is 60.3 Å². The Morgan fingerprint density at radius 3 is 2.58 bits per heavy atom. The third kappa shape index (κ3) is 6.42. The summed E-state index contributed by atoms with van der Waals surface area (Å²) >= 11 is 10.1. The summed E-state index contributed by atoms with van der Waals surface area (Å²) in [4.78, 5) is 33.7. The van der Waals surface area contributed by atoms with Gasteiger partial charge in [-0.05, 0) is 49.1 Å². The molecular weight excluding hydrogens is 628 g/mol. The van der Waals surface area contributed by atoms with Gasteiger partial charge in [0, 0.05) is 10.8 Å². The molecule has 0 fully saturated rings. The minimum absolute atomic E-state index is 0.0601. The van der Waals surface area contributed by atoms with Crippen LogP contribution >= 0.6 is 46.0 Å². The van der Waals surface area contributed by atoms with E-state index in [9.17, 15) is 14.7 Å². The molecule has 0 radical (unpaired) electrons. The van der Waals surface area contributed by atoms with E-state index in [1.54, 1.807) is 32.0 Å². The molecule has 43 heavy (non-hydrogen) atoms. The van der Waals surface area contributed by atoms with Gasteiger partial charge in [-0.3, -0.25) is 14.5 Å². The van der Waals surface area contributed by atoms with Gasteiger partial charge in [0.05, 0.1) is 40.9 Å². The van der Waals surface area contributed by atoms with Gasteiger partial charge in [0.2, 0.25) is 10.9 Å². The van der Waals surface area contributed by atoms with Crippen molar-refractivity contribution in [3.05, 3.63) is 85.5 Å². The third-order valence-electron chi connectivity index (χ3n) is 6.55. The molecule has 13 heteroatoms. The lowest BCUT2D eigenvalue weighted by molar-refractivity contribution is -0.117. The van der Waals surface area contributed by atoms with Crippen molar-refractivity contribution < 1.29 is 24.2 Å². The number of aryl methyl sites for hydroxylation is 2. The van der Waals surface area contributed by atoms with E-state index in [1.807, 2.05) is 38.1 Å². The van der Waals surface area contributed by atoms with Gasteiger partial charge in [0.15, 0.2) is 21.6 Å². The Morgan fingerprint density at radius 1 is 1.14 bits per heavy atom. The minimum Gasteiger partial charge on any atom is -0.503 e. The van der Waals surface area contributed by atoms with Gasteiger partial charge in [-0.25, -0.2) is 4.98 Å². The van der Waals surface area contributed by atoms with Gasteiger partial charge in [-0.15, -0.1) is 21.5 Å². The first-order valence-electron chi connectivity index (χ1n) is 13.3. The molecule has 3 heterocycles. The lowest BCUT2D eigenvalue weighted by Gasteiger charge is -2.25. The van der Waals surface area contributed by atoms with Crippen LogP contribution in [0.25, 0.3) is 0 Å². The molecule has 1 aliphatic heterocycles. The topological polar surface area (TPSA) is 115 Å². The first-order valence-corrected chi connectivity index (χ1v) is 16.3. The molecule has 1 amide bonds.